The van der Waals surface area contributed by atoms with E-state index in [0.717, 1.165) is 16.0 Å². The zero-order valence-electron chi connectivity index (χ0n) is 15.1. The van der Waals surface area contributed by atoms with Crippen LogP contribution < -0.4 is 5.32 Å². The highest BCUT2D eigenvalue weighted by molar-refractivity contribution is 7.15. The summed E-state index contributed by atoms with van der Waals surface area (Å²) in [4.78, 5) is 17.8. The summed E-state index contributed by atoms with van der Waals surface area (Å²) in [6, 6.07) is 11.7. The third kappa shape index (κ3) is 4.59. The summed E-state index contributed by atoms with van der Waals surface area (Å²) >= 11 is 1.45. The molecule has 0 fully saturated rings. The smallest absolute Gasteiger partial charge is 0.271 e. The van der Waals surface area contributed by atoms with Crippen molar-refractivity contribution < 1.29 is 13.9 Å². The summed E-state index contributed by atoms with van der Waals surface area (Å²) in [5.74, 6) is 0.496. The molecule has 0 saturated carbocycles. The van der Waals surface area contributed by atoms with E-state index in [-0.39, 0.29) is 12.0 Å². The Hall–Kier alpha value is -2.44. The number of carbonyl (C=O) groups excluding carboxylic acids is 1. The zero-order valence-corrected chi connectivity index (χ0v) is 15.9. The highest BCUT2D eigenvalue weighted by Gasteiger charge is 2.17. The van der Waals surface area contributed by atoms with Crippen LogP contribution in [-0.2, 0) is 17.9 Å². The summed E-state index contributed by atoms with van der Waals surface area (Å²) in [7, 11) is 0. The Bertz CT molecular complexity index is 869. The Balaban J connectivity index is 1.63. The van der Waals surface area contributed by atoms with Gasteiger partial charge in [-0.1, -0.05) is 24.3 Å². The average Bonchev–Trinajstić information content (AvgIpc) is 3.28. The van der Waals surface area contributed by atoms with Gasteiger partial charge in [0.1, 0.15) is 5.69 Å². The third-order valence-electron chi connectivity index (χ3n) is 3.77. The van der Waals surface area contributed by atoms with Crippen LogP contribution in [0.3, 0.4) is 0 Å². The molecule has 0 aliphatic rings. The van der Waals surface area contributed by atoms with E-state index in [4.69, 9.17) is 9.15 Å². The van der Waals surface area contributed by atoms with Crippen LogP contribution in [0.5, 0.6) is 0 Å². The van der Waals surface area contributed by atoms with Crippen molar-refractivity contribution in [3.63, 3.8) is 0 Å². The molecular formula is C20H22N2O3S. The molecule has 136 valence electrons. The highest BCUT2D eigenvalue weighted by Crippen LogP contribution is 2.27. The minimum absolute atomic E-state index is 0.180. The van der Waals surface area contributed by atoms with E-state index in [2.05, 4.69) is 10.3 Å². The second kappa shape index (κ2) is 8.29. The lowest BCUT2D eigenvalue weighted by Gasteiger charge is -2.09. The molecule has 5 nitrogen and oxygen atoms in total. The van der Waals surface area contributed by atoms with Crippen LogP contribution in [0.25, 0.3) is 10.8 Å². The van der Waals surface area contributed by atoms with Gasteiger partial charge in [-0.25, -0.2) is 4.98 Å². The van der Waals surface area contributed by atoms with Gasteiger partial charge >= 0.3 is 0 Å². The van der Waals surface area contributed by atoms with E-state index in [9.17, 15) is 4.79 Å². The number of furan rings is 1. The van der Waals surface area contributed by atoms with Crippen LogP contribution in [0.2, 0.25) is 0 Å². The van der Waals surface area contributed by atoms with Crippen molar-refractivity contribution in [2.24, 2.45) is 0 Å². The lowest BCUT2D eigenvalue weighted by atomic mass is 10.1. The predicted molar refractivity (Wildman–Crippen MR) is 102 cm³/mol. The fraction of sp³-hybridized carbons (Fsp3) is 0.300. The molecule has 3 aromatic rings. The van der Waals surface area contributed by atoms with Crippen molar-refractivity contribution in [3.8, 4) is 10.8 Å². The largest absolute Gasteiger partial charge is 0.462 e. The first-order chi connectivity index (χ1) is 12.5. The Morgan fingerprint density at radius 2 is 2.08 bits per heavy atom. The fourth-order valence-electron chi connectivity index (χ4n) is 2.47. The van der Waals surface area contributed by atoms with Gasteiger partial charge in [-0.3, -0.25) is 4.79 Å². The number of nitrogens with zero attached hydrogens (tertiary/aromatic N) is 1. The van der Waals surface area contributed by atoms with Gasteiger partial charge < -0.3 is 14.5 Å². The summed E-state index contributed by atoms with van der Waals surface area (Å²) in [5, 5.41) is 3.65. The normalized spacial score (nSPS) is 11.1. The van der Waals surface area contributed by atoms with Crippen molar-refractivity contribution in [2.75, 3.05) is 0 Å². The summed E-state index contributed by atoms with van der Waals surface area (Å²) in [6.45, 7) is 6.93. The molecule has 0 bridgehead atoms. The first kappa shape index (κ1) is 18.4. The molecule has 0 saturated heterocycles. The number of aromatic nitrogens is 1. The molecule has 2 heterocycles. The zero-order chi connectivity index (χ0) is 18.5. The van der Waals surface area contributed by atoms with Crippen molar-refractivity contribution >= 4 is 17.2 Å². The molecule has 0 radical (unpaired) electrons. The summed E-state index contributed by atoms with van der Waals surface area (Å²) < 4.78 is 11.0. The number of ether oxygens (including phenoxy) is 1. The summed E-state index contributed by atoms with van der Waals surface area (Å²) in [6.07, 6.45) is 1.79. The molecule has 0 spiro atoms. The highest BCUT2D eigenvalue weighted by atomic mass is 32.1. The number of hydrogen-bond acceptors (Lipinski definition) is 5. The van der Waals surface area contributed by atoms with E-state index < -0.39 is 0 Å². The van der Waals surface area contributed by atoms with E-state index in [1.54, 1.807) is 6.26 Å². The molecule has 3 rings (SSSR count). The van der Waals surface area contributed by atoms with Crippen molar-refractivity contribution in [1.29, 1.82) is 0 Å². The Morgan fingerprint density at radius 3 is 2.81 bits per heavy atom. The van der Waals surface area contributed by atoms with E-state index in [0.29, 0.717) is 29.6 Å². The first-order valence-electron chi connectivity index (χ1n) is 8.52. The van der Waals surface area contributed by atoms with Crippen LogP contribution in [0, 0.1) is 6.92 Å². The van der Waals surface area contributed by atoms with Crippen LogP contribution in [0.15, 0.2) is 47.1 Å². The van der Waals surface area contributed by atoms with Gasteiger partial charge in [0.15, 0.2) is 10.8 Å². The number of aryl methyl sites for hydroxylation is 1. The molecule has 1 aromatic carbocycles. The number of hydrogen-bond donors (Lipinski definition) is 1. The van der Waals surface area contributed by atoms with Crippen LogP contribution in [0.1, 0.15) is 40.3 Å². The van der Waals surface area contributed by atoms with Crippen molar-refractivity contribution in [2.45, 2.75) is 40.0 Å². The summed E-state index contributed by atoms with van der Waals surface area (Å²) in [5.41, 5.74) is 2.57. The van der Waals surface area contributed by atoms with Crippen LogP contribution in [0.4, 0.5) is 0 Å². The maximum absolute atomic E-state index is 12.5. The van der Waals surface area contributed by atoms with Crippen molar-refractivity contribution in [1.82, 2.24) is 10.3 Å². The van der Waals surface area contributed by atoms with Gasteiger partial charge in [0.2, 0.25) is 0 Å². The van der Waals surface area contributed by atoms with Gasteiger partial charge in [0, 0.05) is 11.4 Å². The minimum Gasteiger partial charge on any atom is -0.462 e. The molecule has 2 aromatic heterocycles. The monoisotopic (exact) mass is 370 g/mol. The van der Waals surface area contributed by atoms with Gasteiger partial charge in [-0.2, -0.15) is 0 Å². The van der Waals surface area contributed by atoms with E-state index in [1.165, 1.54) is 11.3 Å². The number of rotatable bonds is 7. The minimum atomic E-state index is -0.180. The number of thiazole rings is 1. The second-order valence-electron chi connectivity index (χ2n) is 6.26. The molecule has 6 heteroatoms. The molecule has 0 aliphatic carbocycles. The molecule has 0 aliphatic heterocycles. The number of carbonyl (C=O) groups is 1. The van der Waals surface area contributed by atoms with Gasteiger partial charge in [-0.15, -0.1) is 11.3 Å². The van der Waals surface area contributed by atoms with Crippen LogP contribution >= 0.6 is 11.3 Å². The molecule has 26 heavy (non-hydrogen) atoms. The maximum Gasteiger partial charge on any atom is 0.271 e. The third-order valence-corrected chi connectivity index (χ3v) is 4.76. The van der Waals surface area contributed by atoms with Crippen molar-refractivity contribution in [3.05, 3.63) is 64.4 Å². The molecule has 0 atom stereocenters. The fourth-order valence-corrected chi connectivity index (χ4v) is 3.35. The number of nitrogens with one attached hydrogen (secondary N) is 1. The number of amides is 1. The molecular weight excluding hydrogens is 348 g/mol. The van der Waals surface area contributed by atoms with Gasteiger partial charge in [0.25, 0.3) is 5.91 Å². The Kier molecular flexibility index (Phi) is 5.85. The second-order valence-corrected chi connectivity index (χ2v) is 7.47. The topological polar surface area (TPSA) is 64.4 Å². The quantitative estimate of drug-likeness (QED) is 0.662. The Morgan fingerprint density at radius 1 is 1.27 bits per heavy atom. The number of benzene rings is 1. The molecule has 1 amide bonds. The lowest BCUT2D eigenvalue weighted by Crippen LogP contribution is -2.23. The van der Waals surface area contributed by atoms with Gasteiger partial charge in [-0.05, 0) is 44.0 Å². The first-order valence-corrected chi connectivity index (χ1v) is 9.33. The lowest BCUT2D eigenvalue weighted by molar-refractivity contribution is 0.0657. The SMILES string of the molecule is Cc1sc(-c2ccco2)nc1C(=O)NCc1cccc(COC(C)C)c1. The van der Waals surface area contributed by atoms with Gasteiger partial charge in [0.05, 0.1) is 19.0 Å². The van der Waals surface area contributed by atoms with Crippen LogP contribution in [-0.4, -0.2) is 17.0 Å². The maximum atomic E-state index is 12.5. The average molecular weight is 370 g/mol. The predicted octanol–water partition coefficient (Wildman–Crippen LogP) is 4.57. The molecule has 0 unspecified atom stereocenters. The standard InChI is InChI=1S/C20H22N2O3S/c1-13(2)25-12-16-7-4-6-15(10-16)11-21-19(23)18-14(3)26-20(22-18)17-8-5-9-24-17/h4-10,13H,11-12H2,1-3H3,(H,21,23). The van der Waals surface area contributed by atoms with E-state index >= 15 is 0 Å². The Labute approximate surface area is 157 Å². The molecule has 1 N–H and O–H groups in total. The van der Waals surface area contributed by atoms with E-state index in [1.807, 2.05) is 57.2 Å².